The van der Waals surface area contributed by atoms with Gasteiger partial charge in [-0.2, -0.15) is 4.98 Å². The number of nitrogens with one attached hydrogen (secondary N) is 1. The summed E-state index contributed by atoms with van der Waals surface area (Å²) in [4.78, 5) is 4.57. The number of halogens is 1. The van der Waals surface area contributed by atoms with Crippen LogP contribution in [-0.2, 0) is 6.42 Å². The third-order valence-electron chi connectivity index (χ3n) is 4.12. The summed E-state index contributed by atoms with van der Waals surface area (Å²) >= 11 is 3.48. The number of benzene rings is 1. The highest BCUT2D eigenvalue weighted by Crippen LogP contribution is 2.28. The fourth-order valence-electron chi connectivity index (χ4n) is 2.87. The first kappa shape index (κ1) is 14.7. The summed E-state index contributed by atoms with van der Waals surface area (Å²) in [5.41, 5.74) is 1.18. The van der Waals surface area contributed by atoms with Gasteiger partial charge in [-0.05, 0) is 43.0 Å². The minimum Gasteiger partial charge on any atom is -0.338 e. The second kappa shape index (κ2) is 6.71. The largest absolute Gasteiger partial charge is 0.338 e. The Labute approximate surface area is 133 Å². The molecular formula is C16H20BrN3O. The van der Waals surface area contributed by atoms with Crippen LogP contribution < -0.4 is 5.32 Å². The van der Waals surface area contributed by atoms with Crippen molar-refractivity contribution in [3.05, 3.63) is 46.0 Å². The van der Waals surface area contributed by atoms with Crippen LogP contribution in [0, 0.1) is 5.92 Å². The lowest BCUT2D eigenvalue weighted by molar-refractivity contribution is 0.245. The van der Waals surface area contributed by atoms with Crippen molar-refractivity contribution in [2.45, 2.75) is 38.6 Å². The van der Waals surface area contributed by atoms with Crippen molar-refractivity contribution in [2.24, 2.45) is 5.92 Å². The van der Waals surface area contributed by atoms with Crippen LogP contribution in [0.15, 0.2) is 33.3 Å². The van der Waals surface area contributed by atoms with Crippen LogP contribution in [0.2, 0.25) is 0 Å². The van der Waals surface area contributed by atoms with E-state index >= 15 is 0 Å². The normalized spacial score (nSPS) is 22.4. The summed E-state index contributed by atoms with van der Waals surface area (Å²) in [6.45, 7) is 3.28. The molecule has 1 aliphatic rings. The first-order chi connectivity index (χ1) is 10.2. The molecule has 0 radical (unpaired) electrons. The Bertz CT molecular complexity index is 599. The monoisotopic (exact) mass is 349 g/mol. The summed E-state index contributed by atoms with van der Waals surface area (Å²) in [5, 5.41) is 7.61. The summed E-state index contributed by atoms with van der Waals surface area (Å²) in [6.07, 6.45) is 4.26. The summed E-state index contributed by atoms with van der Waals surface area (Å²) in [6, 6.07) is 8.42. The predicted molar refractivity (Wildman–Crippen MR) is 85.0 cm³/mol. The van der Waals surface area contributed by atoms with Crippen LogP contribution >= 0.6 is 15.9 Å². The van der Waals surface area contributed by atoms with E-state index < -0.39 is 0 Å². The minimum atomic E-state index is 0.215. The van der Waals surface area contributed by atoms with Gasteiger partial charge in [0.15, 0.2) is 5.82 Å². The van der Waals surface area contributed by atoms with Gasteiger partial charge in [-0.25, -0.2) is 0 Å². The molecule has 5 heteroatoms. The first-order valence-corrected chi connectivity index (χ1v) is 8.34. The number of piperidine rings is 1. The molecule has 112 valence electrons. The molecule has 0 spiro atoms. The van der Waals surface area contributed by atoms with Gasteiger partial charge in [-0.15, -0.1) is 0 Å². The van der Waals surface area contributed by atoms with Crippen molar-refractivity contribution in [2.75, 3.05) is 6.54 Å². The minimum absolute atomic E-state index is 0.215. The van der Waals surface area contributed by atoms with Gasteiger partial charge < -0.3 is 9.84 Å². The molecule has 2 heterocycles. The standard InChI is InChI=1S/C16H20BrN3O/c1-2-11-6-7-18-14(9-11)16-19-15(20-21-16)10-12-4-3-5-13(17)8-12/h3-5,8,11,14,18H,2,6-7,9-10H2,1H3. The van der Waals surface area contributed by atoms with Crippen LogP contribution in [0.25, 0.3) is 0 Å². The van der Waals surface area contributed by atoms with Gasteiger partial charge in [0.1, 0.15) is 0 Å². The van der Waals surface area contributed by atoms with Gasteiger partial charge >= 0.3 is 0 Å². The van der Waals surface area contributed by atoms with E-state index in [-0.39, 0.29) is 6.04 Å². The fourth-order valence-corrected chi connectivity index (χ4v) is 3.31. The Hall–Kier alpha value is -1.20. The van der Waals surface area contributed by atoms with E-state index in [1.165, 1.54) is 18.4 Å². The molecule has 21 heavy (non-hydrogen) atoms. The first-order valence-electron chi connectivity index (χ1n) is 7.55. The summed E-state index contributed by atoms with van der Waals surface area (Å²) < 4.78 is 6.54. The maximum absolute atomic E-state index is 5.46. The fraction of sp³-hybridized carbons (Fsp3) is 0.500. The molecule has 1 aliphatic heterocycles. The third kappa shape index (κ3) is 3.71. The molecule has 4 nitrogen and oxygen atoms in total. The molecule has 0 amide bonds. The Morgan fingerprint density at radius 2 is 2.33 bits per heavy atom. The lowest BCUT2D eigenvalue weighted by Gasteiger charge is -2.27. The van der Waals surface area contributed by atoms with Crippen molar-refractivity contribution in [1.82, 2.24) is 15.5 Å². The number of rotatable bonds is 4. The van der Waals surface area contributed by atoms with Crippen molar-refractivity contribution in [1.29, 1.82) is 0 Å². The molecule has 2 aromatic rings. The molecule has 3 rings (SSSR count). The zero-order valence-electron chi connectivity index (χ0n) is 12.2. The number of hydrogen-bond donors (Lipinski definition) is 1. The Kier molecular flexibility index (Phi) is 4.70. The van der Waals surface area contributed by atoms with Crippen molar-refractivity contribution in [3.8, 4) is 0 Å². The molecule has 1 aromatic heterocycles. The lowest BCUT2D eigenvalue weighted by Crippen LogP contribution is -2.31. The highest BCUT2D eigenvalue weighted by molar-refractivity contribution is 9.10. The van der Waals surface area contributed by atoms with E-state index in [2.05, 4.69) is 50.4 Å². The molecule has 2 atom stereocenters. The smallest absolute Gasteiger partial charge is 0.243 e. The molecule has 0 saturated carbocycles. The van der Waals surface area contributed by atoms with Gasteiger partial charge in [0, 0.05) is 10.9 Å². The van der Waals surface area contributed by atoms with Crippen LogP contribution in [0.3, 0.4) is 0 Å². The van der Waals surface area contributed by atoms with Crippen LogP contribution in [-0.4, -0.2) is 16.7 Å². The van der Waals surface area contributed by atoms with Crippen molar-refractivity contribution < 1.29 is 4.52 Å². The third-order valence-corrected chi connectivity index (χ3v) is 4.62. The molecule has 0 bridgehead atoms. The SMILES string of the molecule is CCC1CCNC(c2nc(Cc3cccc(Br)c3)no2)C1. The topological polar surface area (TPSA) is 51.0 Å². The Balaban J connectivity index is 1.68. The zero-order valence-corrected chi connectivity index (χ0v) is 13.8. The van der Waals surface area contributed by atoms with Gasteiger partial charge in [0.2, 0.25) is 5.89 Å². The Morgan fingerprint density at radius 1 is 1.43 bits per heavy atom. The van der Waals surface area contributed by atoms with E-state index in [0.29, 0.717) is 6.42 Å². The highest BCUT2D eigenvalue weighted by Gasteiger charge is 2.25. The molecule has 1 saturated heterocycles. The average molecular weight is 350 g/mol. The molecule has 0 aliphatic carbocycles. The van der Waals surface area contributed by atoms with Crippen LogP contribution in [0.1, 0.15) is 49.5 Å². The predicted octanol–water partition coefficient (Wildman–Crippen LogP) is 3.87. The van der Waals surface area contributed by atoms with Crippen molar-refractivity contribution >= 4 is 15.9 Å². The average Bonchev–Trinajstić information content (AvgIpc) is 2.96. The van der Waals surface area contributed by atoms with E-state index in [1.807, 2.05) is 12.1 Å². The highest BCUT2D eigenvalue weighted by atomic mass is 79.9. The maximum atomic E-state index is 5.46. The van der Waals surface area contributed by atoms with Gasteiger partial charge in [0.25, 0.3) is 0 Å². The zero-order chi connectivity index (χ0) is 14.7. The molecule has 1 fully saturated rings. The quantitative estimate of drug-likeness (QED) is 0.909. The summed E-state index contributed by atoms with van der Waals surface area (Å²) in [5.74, 6) is 2.25. The molecule has 1 aromatic carbocycles. The van der Waals surface area contributed by atoms with Crippen molar-refractivity contribution in [3.63, 3.8) is 0 Å². The molecular weight excluding hydrogens is 330 g/mol. The van der Waals surface area contributed by atoms with E-state index in [4.69, 9.17) is 4.52 Å². The van der Waals surface area contributed by atoms with E-state index in [9.17, 15) is 0 Å². The maximum Gasteiger partial charge on any atom is 0.243 e. The number of aromatic nitrogens is 2. The number of hydrogen-bond acceptors (Lipinski definition) is 4. The summed E-state index contributed by atoms with van der Waals surface area (Å²) in [7, 11) is 0. The molecule has 1 N–H and O–H groups in total. The van der Waals surface area contributed by atoms with Gasteiger partial charge in [-0.1, -0.05) is 46.6 Å². The van der Waals surface area contributed by atoms with Crippen LogP contribution in [0.5, 0.6) is 0 Å². The van der Waals surface area contributed by atoms with E-state index in [0.717, 1.165) is 35.1 Å². The van der Waals surface area contributed by atoms with Gasteiger partial charge in [-0.3, -0.25) is 0 Å². The van der Waals surface area contributed by atoms with E-state index in [1.54, 1.807) is 0 Å². The lowest BCUT2D eigenvalue weighted by atomic mass is 9.90. The van der Waals surface area contributed by atoms with Gasteiger partial charge in [0.05, 0.1) is 6.04 Å². The van der Waals surface area contributed by atoms with Crippen LogP contribution in [0.4, 0.5) is 0 Å². The Morgan fingerprint density at radius 3 is 3.14 bits per heavy atom. The second-order valence-corrected chi connectivity index (χ2v) is 6.58. The number of nitrogens with zero attached hydrogens (tertiary/aromatic N) is 2. The second-order valence-electron chi connectivity index (χ2n) is 5.66. The molecule has 2 unspecified atom stereocenters.